The van der Waals surface area contributed by atoms with Crippen molar-refractivity contribution in [2.75, 3.05) is 43.9 Å². The van der Waals surface area contributed by atoms with Crippen LogP contribution in [0.1, 0.15) is 49.1 Å². The Balaban J connectivity index is 1.33. The molecule has 1 unspecified atom stereocenters. The summed E-state index contributed by atoms with van der Waals surface area (Å²) in [6, 6.07) is 11.1. The van der Waals surface area contributed by atoms with E-state index in [4.69, 9.17) is 22.1 Å². The van der Waals surface area contributed by atoms with Gasteiger partial charge >= 0.3 is 0 Å². The Kier molecular flexibility index (Phi) is 10.2. The molecular formula is C30H42ClFN4O4S. The first-order valence-corrected chi connectivity index (χ1v) is 16.7. The molecular weight excluding hydrogens is 567 g/mol. The van der Waals surface area contributed by atoms with Gasteiger partial charge in [0.1, 0.15) is 5.82 Å². The smallest absolute Gasteiger partial charge is 0.241 e. The average molecular weight is 609 g/mol. The second kappa shape index (κ2) is 13.7. The summed E-state index contributed by atoms with van der Waals surface area (Å²) in [5, 5.41) is 7.01. The standard InChI is InChI=1S/C30H42ClFN4O4S/c31-23-8-6-21(7-9-23)28(22-12-14-40-15-13-22)29(33)30(37)35-27-5-1-4-26(32)25(27)11-10-24-18-34-17-20-3-2-16-41(38,39)36(24)19-20/h1,4-9,20,22,24,28-29,34,38-39H,2-3,10-19,33H2,(H,35,37)/t20-,24-,28-,29-/m0/s1. The topological polar surface area (TPSA) is 120 Å². The van der Waals surface area contributed by atoms with Crippen LogP contribution in [0, 0.1) is 17.7 Å². The van der Waals surface area contributed by atoms with Gasteiger partial charge in [0.05, 0.1) is 11.8 Å². The molecule has 2 aromatic carbocycles. The van der Waals surface area contributed by atoms with E-state index in [0.717, 1.165) is 37.8 Å². The van der Waals surface area contributed by atoms with E-state index in [1.165, 1.54) is 6.07 Å². The highest BCUT2D eigenvalue weighted by molar-refractivity contribution is 8.22. The summed E-state index contributed by atoms with van der Waals surface area (Å²) in [5.74, 6) is -0.117. The maximum absolute atomic E-state index is 15.2. The molecule has 226 valence electrons. The second-order valence-corrected chi connectivity index (χ2v) is 14.2. The summed E-state index contributed by atoms with van der Waals surface area (Å²) < 4.78 is 44.4. The molecule has 41 heavy (non-hydrogen) atoms. The molecule has 3 saturated heterocycles. The number of carbonyl (C=O) groups excluding carboxylic acids is 1. The van der Waals surface area contributed by atoms with Crippen molar-refractivity contribution in [3.8, 4) is 0 Å². The predicted octanol–water partition coefficient (Wildman–Crippen LogP) is 5.24. The molecule has 6 N–H and O–H groups in total. The lowest BCUT2D eigenvalue weighted by atomic mass is 9.76. The van der Waals surface area contributed by atoms with Gasteiger partial charge in [-0.05, 0) is 86.7 Å². The second-order valence-electron chi connectivity index (χ2n) is 11.6. The molecule has 5 rings (SSSR count). The highest BCUT2D eigenvalue weighted by atomic mass is 35.5. The number of benzene rings is 2. The van der Waals surface area contributed by atoms with E-state index in [1.54, 1.807) is 12.1 Å². The Bertz CT molecular complexity index is 1180. The molecule has 0 spiro atoms. The zero-order chi connectivity index (χ0) is 29.0. The average Bonchev–Trinajstić information content (AvgIpc) is 3.25. The molecule has 8 nitrogen and oxygen atoms in total. The van der Waals surface area contributed by atoms with Gasteiger partial charge in [0, 0.05) is 54.5 Å². The largest absolute Gasteiger partial charge is 0.381 e. The van der Waals surface area contributed by atoms with Gasteiger partial charge in [-0.15, -0.1) is 10.8 Å². The number of halogens is 2. The van der Waals surface area contributed by atoms with Crippen LogP contribution in [0.2, 0.25) is 5.02 Å². The summed E-state index contributed by atoms with van der Waals surface area (Å²) in [7, 11) is -2.87. The molecule has 1 amide bonds. The van der Waals surface area contributed by atoms with E-state index < -0.39 is 22.6 Å². The van der Waals surface area contributed by atoms with Gasteiger partial charge in [-0.3, -0.25) is 13.9 Å². The van der Waals surface area contributed by atoms with Gasteiger partial charge in [-0.1, -0.05) is 29.8 Å². The van der Waals surface area contributed by atoms with Crippen molar-refractivity contribution >= 4 is 34.0 Å². The Morgan fingerprint density at radius 3 is 2.68 bits per heavy atom. The fourth-order valence-electron chi connectivity index (χ4n) is 6.66. The molecule has 3 fully saturated rings. The SMILES string of the molecule is N[C@H](C(=O)Nc1cccc(F)c1CC[C@H]1CNC[C@@H]2CCCS(O)(O)N1C2)[C@@H](c1ccc(Cl)cc1)C1CCOCC1. The zero-order valence-corrected chi connectivity index (χ0v) is 24.9. The Morgan fingerprint density at radius 2 is 1.93 bits per heavy atom. The maximum Gasteiger partial charge on any atom is 0.241 e. The van der Waals surface area contributed by atoms with Crippen LogP contribution >= 0.6 is 22.4 Å². The van der Waals surface area contributed by atoms with Crippen molar-refractivity contribution in [2.45, 2.75) is 56.5 Å². The normalized spacial score (nSPS) is 27.2. The Hall–Kier alpha value is -1.76. The number of hydrogen-bond acceptors (Lipinski definition) is 7. The van der Waals surface area contributed by atoms with Crippen molar-refractivity contribution in [1.82, 2.24) is 9.62 Å². The molecule has 5 atom stereocenters. The Morgan fingerprint density at radius 1 is 1.17 bits per heavy atom. The van der Waals surface area contributed by atoms with Gasteiger partial charge in [0.2, 0.25) is 5.91 Å². The van der Waals surface area contributed by atoms with Crippen LogP contribution in [-0.4, -0.2) is 70.0 Å². The summed E-state index contributed by atoms with van der Waals surface area (Å²) in [4.78, 5) is 13.6. The van der Waals surface area contributed by atoms with Crippen molar-refractivity contribution in [3.05, 3.63) is 64.4 Å². The molecule has 3 aliphatic heterocycles. The first-order valence-electron chi connectivity index (χ1n) is 14.6. The van der Waals surface area contributed by atoms with E-state index in [1.807, 2.05) is 28.6 Å². The van der Waals surface area contributed by atoms with Crippen LogP contribution in [0.3, 0.4) is 0 Å². The van der Waals surface area contributed by atoms with E-state index in [9.17, 15) is 13.9 Å². The maximum atomic E-state index is 15.2. The van der Waals surface area contributed by atoms with Crippen LogP contribution in [0.4, 0.5) is 10.1 Å². The number of amides is 1. The number of rotatable bonds is 8. The summed E-state index contributed by atoms with van der Waals surface area (Å²) in [6.45, 7) is 3.30. The minimum atomic E-state index is -2.87. The first-order chi connectivity index (χ1) is 19.7. The molecule has 2 aromatic rings. The third-order valence-electron chi connectivity index (χ3n) is 8.89. The van der Waals surface area contributed by atoms with Crippen LogP contribution in [-0.2, 0) is 16.0 Å². The van der Waals surface area contributed by atoms with Gasteiger partial charge in [-0.2, -0.15) is 0 Å². The summed E-state index contributed by atoms with van der Waals surface area (Å²) >= 11 is 6.13. The quantitative estimate of drug-likeness (QED) is 0.278. The molecule has 0 aromatic heterocycles. The lowest BCUT2D eigenvalue weighted by Crippen LogP contribution is -2.44. The third kappa shape index (κ3) is 7.43. The van der Waals surface area contributed by atoms with E-state index in [0.29, 0.717) is 67.1 Å². The minimum absolute atomic E-state index is 0.156. The minimum Gasteiger partial charge on any atom is -0.381 e. The first kappa shape index (κ1) is 30.7. The number of hydrogen-bond donors (Lipinski definition) is 5. The molecule has 2 bridgehead atoms. The van der Waals surface area contributed by atoms with Crippen molar-refractivity contribution in [3.63, 3.8) is 0 Å². The molecule has 0 radical (unpaired) electrons. The van der Waals surface area contributed by atoms with E-state index in [2.05, 4.69) is 10.6 Å². The number of nitrogens with one attached hydrogen (secondary N) is 2. The van der Waals surface area contributed by atoms with Gasteiger partial charge in [-0.25, -0.2) is 8.70 Å². The van der Waals surface area contributed by atoms with Crippen LogP contribution in [0.25, 0.3) is 0 Å². The number of nitrogens with two attached hydrogens (primary N) is 1. The van der Waals surface area contributed by atoms with Crippen molar-refractivity contribution in [1.29, 1.82) is 0 Å². The molecule has 11 heteroatoms. The molecule has 0 saturated carbocycles. The zero-order valence-electron chi connectivity index (χ0n) is 23.3. The highest BCUT2D eigenvalue weighted by Gasteiger charge is 2.37. The fraction of sp³-hybridized carbons (Fsp3) is 0.567. The Labute approximate surface area is 248 Å². The van der Waals surface area contributed by atoms with Gasteiger partial charge in [0.15, 0.2) is 0 Å². The number of fused-ring (bicyclic) bond motifs is 2. The van der Waals surface area contributed by atoms with E-state index in [-0.39, 0.29) is 23.8 Å². The molecule has 3 heterocycles. The highest BCUT2D eigenvalue weighted by Crippen LogP contribution is 2.49. The number of anilines is 1. The van der Waals surface area contributed by atoms with Gasteiger partial charge < -0.3 is 21.1 Å². The lowest BCUT2D eigenvalue weighted by molar-refractivity contribution is -0.118. The summed E-state index contributed by atoms with van der Waals surface area (Å²) in [6.07, 6.45) is 4.19. The van der Waals surface area contributed by atoms with Gasteiger partial charge in [0.25, 0.3) is 0 Å². The van der Waals surface area contributed by atoms with Crippen LogP contribution in [0.5, 0.6) is 0 Å². The van der Waals surface area contributed by atoms with Crippen molar-refractivity contribution < 1.29 is 23.0 Å². The third-order valence-corrected chi connectivity index (χ3v) is 11.2. The molecule has 0 aliphatic carbocycles. The molecule has 3 aliphatic rings. The lowest BCUT2D eigenvalue weighted by Gasteiger charge is -2.45. The number of nitrogens with zero attached hydrogens (tertiary/aromatic N) is 1. The van der Waals surface area contributed by atoms with Crippen LogP contribution in [0.15, 0.2) is 42.5 Å². The van der Waals surface area contributed by atoms with Crippen LogP contribution < -0.4 is 16.4 Å². The number of ether oxygens (including phenoxy) is 1. The predicted molar refractivity (Wildman–Crippen MR) is 163 cm³/mol. The fourth-order valence-corrected chi connectivity index (χ4v) is 8.68. The van der Waals surface area contributed by atoms with Crippen molar-refractivity contribution in [2.24, 2.45) is 17.6 Å². The summed E-state index contributed by atoms with van der Waals surface area (Å²) in [5.41, 5.74) is 8.40. The number of carbonyl (C=O) groups is 1. The van der Waals surface area contributed by atoms with E-state index >= 15 is 4.39 Å². The monoisotopic (exact) mass is 608 g/mol.